The van der Waals surface area contributed by atoms with Gasteiger partial charge in [0.25, 0.3) is 0 Å². The van der Waals surface area contributed by atoms with Crippen LogP contribution < -0.4 is 0 Å². The van der Waals surface area contributed by atoms with Gasteiger partial charge >= 0.3 is 0 Å². The Kier molecular flexibility index (Phi) is 5.45. The first-order valence-electron chi connectivity index (χ1n) is 15.1. The molecule has 0 bridgehead atoms. The van der Waals surface area contributed by atoms with Crippen molar-refractivity contribution in [3.05, 3.63) is 157 Å². The molecule has 0 aliphatic rings. The number of aryl methyl sites for hydroxylation is 1. The van der Waals surface area contributed by atoms with Crippen LogP contribution in [-0.4, -0.2) is 9.55 Å². The number of aromatic nitrogens is 2. The Bertz CT molecular complexity index is 2550. The highest BCUT2D eigenvalue weighted by Crippen LogP contribution is 2.38. The van der Waals surface area contributed by atoms with Gasteiger partial charge < -0.3 is 0 Å². The molecular weight excluding hydrogens is 532 g/mol. The lowest BCUT2D eigenvalue weighted by molar-refractivity contribution is 1.00. The fraction of sp³-hybridized carbons (Fsp3) is 0.0238. The highest BCUT2D eigenvalue weighted by atomic mass is 15.1. The molecule has 9 aromatic rings. The average molecular weight is 561 g/mol. The molecule has 9 rings (SSSR count). The summed E-state index contributed by atoms with van der Waals surface area (Å²) >= 11 is 0. The van der Waals surface area contributed by atoms with Crippen LogP contribution in [0.15, 0.2) is 152 Å². The maximum Gasteiger partial charge on any atom is 0.111 e. The van der Waals surface area contributed by atoms with E-state index < -0.39 is 0 Å². The van der Waals surface area contributed by atoms with Crippen molar-refractivity contribution in [3.63, 3.8) is 0 Å². The number of rotatable bonds is 3. The van der Waals surface area contributed by atoms with Crippen LogP contribution in [-0.2, 0) is 0 Å². The number of hydrogen-bond acceptors (Lipinski definition) is 1. The lowest BCUT2D eigenvalue weighted by atomic mass is 9.93. The average Bonchev–Trinajstić information content (AvgIpc) is 3.42. The summed E-state index contributed by atoms with van der Waals surface area (Å²) in [4.78, 5) is 5.04. The number of imidazole rings is 1. The molecule has 0 spiro atoms. The molecule has 0 N–H and O–H groups in total. The summed E-state index contributed by atoms with van der Waals surface area (Å²) in [6.45, 7) is 2.09. The summed E-state index contributed by atoms with van der Waals surface area (Å²) in [7, 11) is 0. The summed E-state index contributed by atoms with van der Waals surface area (Å²) in [5.74, 6) is 0.976. The normalized spacial score (nSPS) is 11.8. The van der Waals surface area contributed by atoms with Crippen LogP contribution >= 0.6 is 0 Å². The third-order valence-corrected chi connectivity index (χ3v) is 9.11. The predicted octanol–water partition coefficient (Wildman–Crippen LogP) is 11.3. The quantitative estimate of drug-likeness (QED) is 0.197. The predicted molar refractivity (Wildman–Crippen MR) is 187 cm³/mol. The first-order valence-corrected chi connectivity index (χ1v) is 15.1. The van der Waals surface area contributed by atoms with Gasteiger partial charge in [0.05, 0.1) is 11.0 Å². The molecule has 2 heteroatoms. The minimum atomic E-state index is 0.976. The van der Waals surface area contributed by atoms with Gasteiger partial charge in [-0.2, -0.15) is 0 Å². The molecule has 1 aromatic heterocycles. The highest BCUT2D eigenvalue weighted by molar-refractivity contribution is 6.15. The van der Waals surface area contributed by atoms with Crippen molar-refractivity contribution < 1.29 is 0 Å². The van der Waals surface area contributed by atoms with Gasteiger partial charge in [-0.15, -0.1) is 0 Å². The smallest absolute Gasteiger partial charge is 0.111 e. The molecule has 0 unspecified atom stereocenters. The SMILES string of the molecule is Cc1nc2cc(-c3cc4ccccc4c4ccccc34)ccc2n1-c1ccc(-c2cc3ccccc3c3ccccc23)cc1. The second-order valence-electron chi connectivity index (χ2n) is 11.6. The van der Waals surface area contributed by atoms with Crippen molar-refractivity contribution in [2.75, 3.05) is 0 Å². The van der Waals surface area contributed by atoms with Crippen LogP contribution in [0.5, 0.6) is 0 Å². The van der Waals surface area contributed by atoms with Gasteiger partial charge in [0.2, 0.25) is 0 Å². The van der Waals surface area contributed by atoms with E-state index in [2.05, 4.69) is 163 Å². The number of nitrogens with zero attached hydrogens (tertiary/aromatic N) is 2. The standard InChI is InChI=1S/C42H28N2/c1-27-43-41-26-31(40-25-30-11-3-5-13-34(30)36-15-7-9-17-38(36)40)20-23-42(41)44(27)32-21-18-28(19-22-32)39-24-29-10-2-4-12-33(29)35-14-6-8-16-37(35)39/h2-26H,1H3. The van der Waals surface area contributed by atoms with Crippen molar-refractivity contribution in [2.24, 2.45) is 0 Å². The number of hydrogen-bond donors (Lipinski definition) is 0. The van der Waals surface area contributed by atoms with Crippen molar-refractivity contribution in [2.45, 2.75) is 6.92 Å². The van der Waals surface area contributed by atoms with Crippen LogP contribution in [0, 0.1) is 6.92 Å². The van der Waals surface area contributed by atoms with Gasteiger partial charge in [-0.05, 0) is 109 Å². The molecule has 0 saturated carbocycles. The fourth-order valence-corrected chi connectivity index (χ4v) is 7.07. The Morgan fingerprint density at radius 1 is 0.432 bits per heavy atom. The highest BCUT2D eigenvalue weighted by Gasteiger charge is 2.14. The zero-order valence-corrected chi connectivity index (χ0v) is 24.3. The lowest BCUT2D eigenvalue weighted by Crippen LogP contribution is -1.96. The fourth-order valence-electron chi connectivity index (χ4n) is 7.07. The molecular formula is C42H28N2. The summed E-state index contributed by atoms with van der Waals surface area (Å²) in [5, 5.41) is 10.2. The molecule has 44 heavy (non-hydrogen) atoms. The van der Waals surface area contributed by atoms with E-state index in [1.165, 1.54) is 65.3 Å². The molecule has 0 radical (unpaired) electrons. The first kappa shape index (κ1) is 24.8. The van der Waals surface area contributed by atoms with Crippen LogP contribution in [0.2, 0.25) is 0 Å². The van der Waals surface area contributed by atoms with Crippen LogP contribution in [0.4, 0.5) is 0 Å². The van der Waals surface area contributed by atoms with E-state index in [9.17, 15) is 0 Å². The maximum atomic E-state index is 5.04. The number of benzene rings is 8. The molecule has 0 atom stereocenters. The monoisotopic (exact) mass is 560 g/mol. The van der Waals surface area contributed by atoms with Crippen molar-refractivity contribution in [1.29, 1.82) is 0 Å². The van der Waals surface area contributed by atoms with E-state index in [0.717, 1.165) is 22.5 Å². The maximum absolute atomic E-state index is 5.04. The van der Waals surface area contributed by atoms with Gasteiger partial charge in [0, 0.05) is 5.69 Å². The van der Waals surface area contributed by atoms with E-state index in [1.54, 1.807) is 0 Å². The van der Waals surface area contributed by atoms with Crippen molar-refractivity contribution >= 4 is 54.1 Å². The second kappa shape index (κ2) is 9.65. The number of fused-ring (bicyclic) bond motifs is 7. The van der Waals surface area contributed by atoms with Crippen LogP contribution in [0.3, 0.4) is 0 Å². The summed E-state index contributed by atoms with van der Waals surface area (Å²) < 4.78 is 2.26. The first-order chi connectivity index (χ1) is 21.7. The Morgan fingerprint density at radius 3 is 1.50 bits per heavy atom. The summed E-state index contributed by atoms with van der Waals surface area (Å²) in [5.41, 5.74) is 8.11. The van der Waals surface area contributed by atoms with Gasteiger partial charge in [-0.3, -0.25) is 4.57 Å². The molecule has 0 amide bonds. The lowest BCUT2D eigenvalue weighted by Gasteiger charge is -2.13. The zero-order valence-electron chi connectivity index (χ0n) is 24.3. The van der Waals surface area contributed by atoms with E-state index in [1.807, 2.05) is 0 Å². The third kappa shape index (κ3) is 3.78. The van der Waals surface area contributed by atoms with Crippen molar-refractivity contribution in [3.8, 4) is 27.9 Å². The second-order valence-corrected chi connectivity index (χ2v) is 11.6. The van der Waals surface area contributed by atoms with Gasteiger partial charge in [-0.25, -0.2) is 4.98 Å². The third-order valence-electron chi connectivity index (χ3n) is 9.11. The summed E-state index contributed by atoms with van der Waals surface area (Å²) in [6, 6.07) is 55.0. The summed E-state index contributed by atoms with van der Waals surface area (Å²) in [6.07, 6.45) is 0. The van der Waals surface area contributed by atoms with E-state index >= 15 is 0 Å². The van der Waals surface area contributed by atoms with E-state index in [0.29, 0.717) is 0 Å². The van der Waals surface area contributed by atoms with Gasteiger partial charge in [-0.1, -0.05) is 115 Å². The largest absolute Gasteiger partial charge is 0.297 e. The molecule has 206 valence electrons. The van der Waals surface area contributed by atoms with Gasteiger partial charge in [0.1, 0.15) is 5.82 Å². The van der Waals surface area contributed by atoms with Gasteiger partial charge in [0.15, 0.2) is 0 Å². The van der Waals surface area contributed by atoms with Crippen LogP contribution in [0.1, 0.15) is 5.82 Å². The molecule has 8 aromatic carbocycles. The Hall–Kier alpha value is -5.73. The Morgan fingerprint density at radius 2 is 0.909 bits per heavy atom. The minimum absolute atomic E-state index is 0.976. The van der Waals surface area contributed by atoms with E-state index in [-0.39, 0.29) is 0 Å². The Balaban J connectivity index is 1.15. The molecule has 2 nitrogen and oxygen atoms in total. The van der Waals surface area contributed by atoms with Crippen LogP contribution in [0.25, 0.3) is 82.1 Å². The van der Waals surface area contributed by atoms with Crippen molar-refractivity contribution in [1.82, 2.24) is 9.55 Å². The minimum Gasteiger partial charge on any atom is -0.297 e. The topological polar surface area (TPSA) is 17.8 Å². The zero-order chi connectivity index (χ0) is 29.2. The Labute approximate surface area is 255 Å². The molecule has 0 saturated heterocycles. The molecule has 0 fully saturated rings. The molecule has 1 heterocycles. The molecule has 0 aliphatic carbocycles. The molecule has 0 aliphatic heterocycles. The van der Waals surface area contributed by atoms with E-state index in [4.69, 9.17) is 4.98 Å².